The Labute approximate surface area is 157 Å². The van der Waals surface area contributed by atoms with Gasteiger partial charge in [-0.1, -0.05) is 6.07 Å². The van der Waals surface area contributed by atoms with E-state index in [1.54, 1.807) is 5.41 Å². The first-order chi connectivity index (χ1) is 12.6. The lowest BCUT2D eigenvalue weighted by molar-refractivity contribution is -0.161. The number of carboxylic acid groups (broad SMARTS) is 1. The van der Waals surface area contributed by atoms with Gasteiger partial charge in [-0.2, -0.15) is 0 Å². The van der Waals surface area contributed by atoms with Gasteiger partial charge in [-0.05, 0) is 16.9 Å². The number of hydrogen-bond donors (Lipinski definition) is 2. The lowest BCUT2D eigenvalue weighted by Gasteiger charge is -2.51. The van der Waals surface area contributed by atoms with Gasteiger partial charge in [-0.3, -0.25) is 9.59 Å². The average molecular weight is 396 g/mol. The number of nitrogens with one attached hydrogen (secondary N) is 1. The molecule has 2 fully saturated rings. The number of β-lactam (4-membered cyclic amide) rings is 1. The molecule has 2 N–H and O–H groups in total. The maximum atomic E-state index is 12.5. The van der Waals surface area contributed by atoms with Crippen molar-refractivity contribution >= 4 is 40.9 Å². The van der Waals surface area contributed by atoms with Crippen LogP contribution in [0.25, 0.3) is 0 Å². The number of aliphatic carboxylic acids is 1. The molecule has 2 saturated heterocycles. The van der Waals surface area contributed by atoms with Gasteiger partial charge in [0.2, 0.25) is 11.8 Å². The van der Waals surface area contributed by atoms with Crippen LogP contribution in [-0.2, 0) is 30.3 Å². The molecule has 0 bridgehead atoms. The topological polar surface area (TPSA) is 105 Å². The molecule has 10 heteroatoms. The van der Waals surface area contributed by atoms with Crippen molar-refractivity contribution in [3.8, 4) is 0 Å². The van der Waals surface area contributed by atoms with Gasteiger partial charge in [-0.15, -0.1) is 23.1 Å². The Kier molecular flexibility index (Phi) is 4.74. The third-order valence-corrected chi connectivity index (χ3v) is 6.44. The fourth-order valence-corrected chi connectivity index (χ4v) is 5.14. The van der Waals surface area contributed by atoms with Crippen molar-refractivity contribution in [3.63, 3.8) is 0 Å². The summed E-state index contributed by atoms with van der Waals surface area (Å²) in [6, 6.07) is 1.85. The Balaban J connectivity index is 1.47. The number of nitrogens with zero attached hydrogens (tertiary/aromatic N) is 1. The fraction of sp³-hybridized carbons (Fsp3) is 0.438. The molecule has 3 aliphatic rings. The van der Waals surface area contributed by atoms with Crippen LogP contribution in [0.4, 0.5) is 0 Å². The van der Waals surface area contributed by atoms with Crippen LogP contribution in [0.5, 0.6) is 0 Å². The molecule has 0 spiro atoms. The number of rotatable bonds is 5. The van der Waals surface area contributed by atoms with E-state index in [0.29, 0.717) is 18.8 Å². The van der Waals surface area contributed by atoms with E-state index in [2.05, 4.69) is 5.32 Å². The fourth-order valence-electron chi connectivity index (χ4n) is 3.20. The molecule has 4 heterocycles. The highest BCUT2D eigenvalue weighted by molar-refractivity contribution is 8.03. The van der Waals surface area contributed by atoms with Gasteiger partial charge in [-0.25, -0.2) is 4.79 Å². The van der Waals surface area contributed by atoms with Crippen molar-refractivity contribution in [1.29, 1.82) is 0 Å². The molecular weight excluding hydrogens is 380 g/mol. The van der Waals surface area contributed by atoms with E-state index in [9.17, 15) is 19.5 Å². The number of thiophene rings is 1. The molecule has 3 atom stereocenters. The summed E-state index contributed by atoms with van der Waals surface area (Å²) in [6.07, 6.45) is -0.545. The number of carboxylic acids is 1. The Morgan fingerprint density at radius 1 is 1.35 bits per heavy atom. The summed E-state index contributed by atoms with van der Waals surface area (Å²) in [4.78, 5) is 38.6. The summed E-state index contributed by atoms with van der Waals surface area (Å²) < 4.78 is 10.8. The molecule has 0 aliphatic carbocycles. The van der Waals surface area contributed by atoms with E-state index in [4.69, 9.17) is 9.47 Å². The van der Waals surface area contributed by atoms with E-state index in [1.165, 1.54) is 28.0 Å². The lowest BCUT2D eigenvalue weighted by atomic mass is 9.97. The van der Waals surface area contributed by atoms with Crippen molar-refractivity contribution in [3.05, 3.63) is 33.4 Å². The van der Waals surface area contributed by atoms with Crippen LogP contribution in [-0.4, -0.2) is 64.8 Å². The highest BCUT2D eigenvalue weighted by Crippen LogP contribution is 2.42. The van der Waals surface area contributed by atoms with Gasteiger partial charge >= 0.3 is 5.97 Å². The van der Waals surface area contributed by atoms with E-state index >= 15 is 0 Å². The summed E-state index contributed by atoms with van der Waals surface area (Å²) in [6.45, 7) is 0.773. The van der Waals surface area contributed by atoms with Gasteiger partial charge in [0.1, 0.15) is 11.4 Å². The zero-order chi connectivity index (χ0) is 18.3. The monoisotopic (exact) mass is 396 g/mol. The number of ether oxygens (including phenoxy) is 2. The number of fused-ring (bicyclic) bond motifs is 1. The lowest BCUT2D eigenvalue weighted by Crippen LogP contribution is -2.74. The molecule has 0 aromatic carbocycles. The zero-order valence-corrected chi connectivity index (χ0v) is 15.1. The molecule has 1 aromatic heterocycles. The molecule has 0 radical (unpaired) electrons. The van der Waals surface area contributed by atoms with Gasteiger partial charge in [0.25, 0.3) is 0 Å². The second-order valence-electron chi connectivity index (χ2n) is 6.01. The van der Waals surface area contributed by atoms with E-state index < -0.39 is 35.6 Å². The quantitative estimate of drug-likeness (QED) is 0.694. The first-order valence-corrected chi connectivity index (χ1v) is 9.84. The average Bonchev–Trinajstić information content (AvgIpc) is 3.32. The Morgan fingerprint density at radius 2 is 2.12 bits per heavy atom. The Hall–Kier alpha value is -1.88. The predicted octanol–water partition coefficient (Wildman–Crippen LogP) is 0.401. The molecule has 1 aromatic rings. The van der Waals surface area contributed by atoms with Crippen LogP contribution in [0, 0.1) is 0 Å². The number of carbonyl (C=O) groups is 3. The van der Waals surface area contributed by atoms with Crippen molar-refractivity contribution < 1.29 is 29.0 Å². The number of hydrogen-bond acceptors (Lipinski definition) is 7. The summed E-state index contributed by atoms with van der Waals surface area (Å²) in [5.41, 5.74) is 0.410. The number of amides is 2. The third-order valence-electron chi connectivity index (χ3n) is 4.38. The van der Waals surface area contributed by atoms with Crippen LogP contribution < -0.4 is 5.32 Å². The van der Waals surface area contributed by atoms with E-state index in [1.807, 2.05) is 17.5 Å². The van der Waals surface area contributed by atoms with Crippen LogP contribution in [0.2, 0.25) is 0 Å². The molecule has 2 amide bonds. The number of thioether (sulfide) groups is 1. The van der Waals surface area contributed by atoms with Gasteiger partial charge in [0.15, 0.2) is 12.3 Å². The van der Waals surface area contributed by atoms with E-state index in [-0.39, 0.29) is 12.3 Å². The van der Waals surface area contributed by atoms with Crippen LogP contribution in [0.3, 0.4) is 0 Å². The molecule has 4 rings (SSSR count). The smallest absolute Gasteiger partial charge is 0.331 e. The van der Waals surface area contributed by atoms with Gasteiger partial charge in [0, 0.05) is 10.5 Å². The molecule has 26 heavy (non-hydrogen) atoms. The SMILES string of the molecule is O=C(Cc1cccs1)NC1C(=O)N2C(C(=O)O)C(C3OCCO3)=CS[C@@H]12. The Morgan fingerprint density at radius 3 is 2.77 bits per heavy atom. The summed E-state index contributed by atoms with van der Waals surface area (Å²) in [5.74, 6) is -1.80. The first kappa shape index (κ1) is 17.5. The van der Waals surface area contributed by atoms with Crippen molar-refractivity contribution in [1.82, 2.24) is 10.2 Å². The number of carbonyl (C=O) groups excluding carboxylic acids is 2. The molecule has 2 unspecified atom stereocenters. The summed E-state index contributed by atoms with van der Waals surface area (Å²) in [5, 5.41) is 15.4. The van der Waals surface area contributed by atoms with Crippen molar-refractivity contribution in [2.45, 2.75) is 30.2 Å². The van der Waals surface area contributed by atoms with Crippen LogP contribution in [0.1, 0.15) is 4.88 Å². The Bertz CT molecular complexity index is 759. The third kappa shape index (κ3) is 3.02. The highest BCUT2D eigenvalue weighted by Gasteiger charge is 2.57. The summed E-state index contributed by atoms with van der Waals surface area (Å²) >= 11 is 2.77. The van der Waals surface area contributed by atoms with Crippen LogP contribution in [0.15, 0.2) is 28.5 Å². The van der Waals surface area contributed by atoms with Gasteiger partial charge in [0.05, 0.1) is 19.6 Å². The van der Waals surface area contributed by atoms with Crippen LogP contribution >= 0.6 is 23.1 Å². The molecular formula is C16H16N2O6S2. The summed E-state index contributed by atoms with van der Waals surface area (Å²) in [7, 11) is 0. The minimum absolute atomic E-state index is 0.200. The molecule has 0 saturated carbocycles. The van der Waals surface area contributed by atoms with Crippen molar-refractivity contribution in [2.24, 2.45) is 0 Å². The largest absolute Gasteiger partial charge is 0.479 e. The maximum absolute atomic E-state index is 12.5. The molecule has 138 valence electrons. The van der Waals surface area contributed by atoms with E-state index in [0.717, 1.165) is 4.88 Å². The standard InChI is InChI=1S/C16H16N2O6S2/c19-10(6-8-2-1-5-25-8)17-11-13(20)18-12(15(21)22)9(7-26-14(11)18)16-23-3-4-24-16/h1-2,5,7,11-12,14,16H,3-4,6H2,(H,17,19)(H,21,22)/t11?,12?,14-/m0/s1. The zero-order valence-electron chi connectivity index (χ0n) is 13.5. The van der Waals surface area contributed by atoms with Gasteiger partial charge < -0.3 is 24.8 Å². The highest BCUT2D eigenvalue weighted by atomic mass is 32.2. The van der Waals surface area contributed by atoms with Crippen molar-refractivity contribution in [2.75, 3.05) is 13.2 Å². The minimum Gasteiger partial charge on any atom is -0.479 e. The minimum atomic E-state index is -1.14. The second-order valence-corrected chi connectivity index (χ2v) is 8.03. The maximum Gasteiger partial charge on any atom is 0.331 e. The predicted molar refractivity (Wildman–Crippen MR) is 93.4 cm³/mol. The first-order valence-electron chi connectivity index (χ1n) is 8.01. The normalized spacial score (nSPS) is 28.3. The second kappa shape index (κ2) is 7.03. The molecule has 8 nitrogen and oxygen atoms in total. The molecule has 3 aliphatic heterocycles.